The van der Waals surface area contributed by atoms with Crippen molar-refractivity contribution in [2.45, 2.75) is 79.1 Å². The van der Waals surface area contributed by atoms with Crippen molar-refractivity contribution in [2.75, 3.05) is 20.6 Å². The van der Waals surface area contributed by atoms with Crippen molar-refractivity contribution < 1.29 is 32.3 Å². The standard InChI is InChI=1S/C35H43F4N3O4/c1-19(2)13-29(42-18-24(11-12-41(7)8)27(16-30(42)43)35(37,38)39)34(46)40-28(17-31(44)45)26-15-25(14-22(5)33(26)36)32-21(4)10-9-20(3)23(32)6/h9-10,14-16,18-19,28-29H,11-13,17H2,1-8H3,(H,40,46)(H,44,45)/t28-,29?/m0/s1. The summed E-state index contributed by atoms with van der Waals surface area (Å²) in [6.45, 7) is 11.2. The zero-order chi connectivity index (χ0) is 34.7. The molecule has 0 saturated carbocycles. The van der Waals surface area contributed by atoms with Gasteiger partial charge in [0.05, 0.1) is 18.0 Å². The van der Waals surface area contributed by atoms with Crippen LogP contribution in [0.4, 0.5) is 17.6 Å². The average molecular weight is 646 g/mol. The SMILES string of the molecule is Cc1ccc(C)c(-c2cc(C)c(F)c([C@H](CC(=O)O)NC(=O)C(CC(C)C)n3cc(CCN(C)C)c(C(F)(F)F)cc3=O)c2)c1C. The lowest BCUT2D eigenvalue weighted by molar-refractivity contribution is -0.139. The number of benzene rings is 2. The summed E-state index contributed by atoms with van der Waals surface area (Å²) in [5, 5.41) is 12.4. The molecule has 1 amide bonds. The topological polar surface area (TPSA) is 91.6 Å². The van der Waals surface area contributed by atoms with Gasteiger partial charge in [0.25, 0.3) is 5.56 Å². The maximum Gasteiger partial charge on any atom is 0.416 e. The fourth-order valence-corrected chi connectivity index (χ4v) is 5.71. The number of likely N-dealkylation sites (N-methyl/N-ethyl adjacent to an activating group) is 1. The number of aromatic nitrogens is 1. The summed E-state index contributed by atoms with van der Waals surface area (Å²) in [5.41, 5.74) is 2.41. The molecule has 3 aromatic rings. The van der Waals surface area contributed by atoms with Gasteiger partial charge in [-0.3, -0.25) is 14.4 Å². The maximum absolute atomic E-state index is 15.8. The van der Waals surface area contributed by atoms with Crippen LogP contribution in [0, 0.1) is 39.4 Å². The summed E-state index contributed by atoms with van der Waals surface area (Å²) in [4.78, 5) is 40.8. The van der Waals surface area contributed by atoms with Gasteiger partial charge in [-0.15, -0.1) is 0 Å². The van der Waals surface area contributed by atoms with E-state index >= 15 is 4.39 Å². The lowest BCUT2D eigenvalue weighted by atomic mass is 9.89. The van der Waals surface area contributed by atoms with Crippen molar-refractivity contribution in [3.8, 4) is 11.1 Å². The van der Waals surface area contributed by atoms with Crippen LogP contribution >= 0.6 is 0 Å². The summed E-state index contributed by atoms with van der Waals surface area (Å²) in [5.74, 6) is -2.96. The smallest absolute Gasteiger partial charge is 0.416 e. The molecule has 2 aromatic carbocycles. The van der Waals surface area contributed by atoms with Crippen LogP contribution in [0.5, 0.6) is 0 Å². The fourth-order valence-electron chi connectivity index (χ4n) is 5.71. The summed E-state index contributed by atoms with van der Waals surface area (Å²) in [6, 6.07) is 5.01. The molecule has 0 radical (unpaired) electrons. The maximum atomic E-state index is 15.8. The molecule has 0 spiro atoms. The van der Waals surface area contributed by atoms with Gasteiger partial charge in [-0.25, -0.2) is 4.39 Å². The lowest BCUT2D eigenvalue weighted by Gasteiger charge is -2.27. The molecule has 7 nitrogen and oxygen atoms in total. The molecule has 0 aliphatic rings. The molecule has 0 aliphatic carbocycles. The van der Waals surface area contributed by atoms with Crippen LogP contribution in [0.25, 0.3) is 11.1 Å². The summed E-state index contributed by atoms with van der Waals surface area (Å²) < 4.78 is 58.5. The van der Waals surface area contributed by atoms with Crippen molar-refractivity contribution in [3.63, 3.8) is 0 Å². The Morgan fingerprint density at radius 3 is 2.20 bits per heavy atom. The minimum absolute atomic E-state index is 0.0329. The normalized spacial score (nSPS) is 13.3. The molecule has 3 rings (SSSR count). The van der Waals surface area contributed by atoms with Crippen molar-refractivity contribution in [3.05, 3.63) is 91.6 Å². The van der Waals surface area contributed by atoms with E-state index in [9.17, 15) is 32.7 Å². The van der Waals surface area contributed by atoms with Gasteiger partial charge in [0.15, 0.2) is 0 Å². The minimum atomic E-state index is -4.78. The number of halogens is 4. The van der Waals surface area contributed by atoms with Gasteiger partial charge in [-0.05, 0) is 112 Å². The van der Waals surface area contributed by atoms with Crippen LogP contribution in [-0.2, 0) is 22.2 Å². The van der Waals surface area contributed by atoms with E-state index in [1.165, 1.54) is 6.07 Å². The van der Waals surface area contributed by atoms with Crippen LogP contribution in [0.15, 0.2) is 41.3 Å². The minimum Gasteiger partial charge on any atom is -0.481 e. The molecule has 0 saturated heterocycles. The van der Waals surface area contributed by atoms with Gasteiger partial charge in [-0.1, -0.05) is 26.0 Å². The first-order chi connectivity index (χ1) is 21.3. The number of carboxylic acids is 1. The van der Waals surface area contributed by atoms with Gasteiger partial charge >= 0.3 is 12.1 Å². The van der Waals surface area contributed by atoms with E-state index in [4.69, 9.17) is 0 Å². The van der Waals surface area contributed by atoms with Crippen LogP contribution in [0.3, 0.4) is 0 Å². The number of hydrogen-bond donors (Lipinski definition) is 2. The number of aryl methyl sites for hydroxylation is 3. The summed E-state index contributed by atoms with van der Waals surface area (Å²) >= 11 is 0. The Hall–Kier alpha value is -3.99. The number of carboxylic acid groups (broad SMARTS) is 1. The number of alkyl halides is 3. The zero-order valence-corrected chi connectivity index (χ0v) is 27.6. The Morgan fingerprint density at radius 1 is 1.00 bits per heavy atom. The Kier molecular flexibility index (Phi) is 11.6. The van der Waals surface area contributed by atoms with Crippen LogP contribution in [-0.4, -0.2) is 47.1 Å². The third-order valence-corrected chi connectivity index (χ3v) is 8.22. The van der Waals surface area contributed by atoms with Gasteiger partial charge < -0.3 is 19.9 Å². The highest BCUT2D eigenvalue weighted by molar-refractivity contribution is 5.82. The first kappa shape index (κ1) is 36.5. The van der Waals surface area contributed by atoms with Crippen LogP contribution in [0.2, 0.25) is 0 Å². The molecule has 0 fully saturated rings. The van der Waals surface area contributed by atoms with Gasteiger partial charge in [0.1, 0.15) is 11.9 Å². The molecule has 0 aliphatic heterocycles. The van der Waals surface area contributed by atoms with E-state index < -0.39 is 53.5 Å². The van der Waals surface area contributed by atoms with Gasteiger partial charge in [0, 0.05) is 24.4 Å². The Morgan fingerprint density at radius 2 is 1.63 bits per heavy atom. The number of nitrogens with one attached hydrogen (secondary N) is 1. The monoisotopic (exact) mass is 645 g/mol. The second-order valence-electron chi connectivity index (χ2n) is 12.7. The second-order valence-corrected chi connectivity index (χ2v) is 12.7. The zero-order valence-electron chi connectivity index (χ0n) is 27.6. The number of pyridine rings is 1. The molecule has 1 heterocycles. The number of aliphatic carboxylic acids is 1. The molecule has 0 bridgehead atoms. The third-order valence-electron chi connectivity index (χ3n) is 8.22. The Labute approximate surface area is 267 Å². The van der Waals surface area contributed by atoms with Gasteiger partial charge in [-0.2, -0.15) is 13.2 Å². The van der Waals surface area contributed by atoms with Gasteiger partial charge in [0.2, 0.25) is 5.91 Å². The number of carbonyl (C=O) groups is 2. The highest BCUT2D eigenvalue weighted by Crippen LogP contribution is 2.35. The fraction of sp³-hybridized carbons (Fsp3) is 0.457. The molecule has 1 aromatic heterocycles. The van der Waals surface area contributed by atoms with E-state index in [0.29, 0.717) is 11.6 Å². The summed E-state index contributed by atoms with van der Waals surface area (Å²) in [7, 11) is 3.41. The molecule has 11 heteroatoms. The molecular formula is C35H43F4N3O4. The quantitative estimate of drug-likeness (QED) is 0.209. The van der Waals surface area contributed by atoms with Crippen LogP contribution in [0.1, 0.15) is 77.7 Å². The molecule has 250 valence electrons. The number of nitrogens with zero attached hydrogens (tertiary/aromatic N) is 2. The van der Waals surface area contributed by atoms with E-state index in [2.05, 4.69) is 5.32 Å². The highest BCUT2D eigenvalue weighted by Gasteiger charge is 2.36. The summed E-state index contributed by atoms with van der Waals surface area (Å²) in [6.07, 6.45) is -4.34. The highest BCUT2D eigenvalue weighted by atomic mass is 19.4. The number of carbonyl (C=O) groups excluding carboxylic acids is 1. The number of hydrogen-bond acceptors (Lipinski definition) is 4. The van der Waals surface area contributed by atoms with Crippen molar-refractivity contribution in [1.29, 1.82) is 0 Å². The number of amides is 1. The Balaban J connectivity index is 2.16. The largest absolute Gasteiger partial charge is 0.481 e. The van der Waals surface area contributed by atoms with Crippen molar-refractivity contribution in [1.82, 2.24) is 14.8 Å². The molecule has 2 atom stereocenters. The van der Waals surface area contributed by atoms with Crippen molar-refractivity contribution >= 4 is 11.9 Å². The first-order valence-corrected chi connectivity index (χ1v) is 15.2. The van der Waals surface area contributed by atoms with Crippen molar-refractivity contribution in [2.24, 2.45) is 5.92 Å². The van der Waals surface area contributed by atoms with E-state index in [-0.39, 0.29) is 42.0 Å². The number of rotatable bonds is 12. The molecular weight excluding hydrogens is 602 g/mol. The van der Waals surface area contributed by atoms with E-state index in [1.807, 2.05) is 32.9 Å². The lowest BCUT2D eigenvalue weighted by Crippen LogP contribution is -2.41. The first-order valence-electron chi connectivity index (χ1n) is 15.2. The predicted octanol–water partition coefficient (Wildman–Crippen LogP) is 6.93. The average Bonchev–Trinajstić information content (AvgIpc) is 2.93. The third kappa shape index (κ3) is 8.63. The second kappa shape index (κ2) is 14.6. The van der Waals surface area contributed by atoms with E-state index in [0.717, 1.165) is 33.0 Å². The molecule has 46 heavy (non-hydrogen) atoms. The molecule has 1 unspecified atom stereocenters. The molecule has 2 N–H and O–H groups in total. The van der Waals surface area contributed by atoms with E-state index in [1.54, 1.807) is 45.8 Å². The predicted molar refractivity (Wildman–Crippen MR) is 170 cm³/mol. The Bertz CT molecular complexity index is 1660. The van der Waals surface area contributed by atoms with Crippen LogP contribution < -0.4 is 10.9 Å².